The lowest BCUT2D eigenvalue weighted by Crippen LogP contribution is -2.11. The zero-order valence-electron chi connectivity index (χ0n) is 9.87. The van der Waals surface area contributed by atoms with Crippen LogP contribution in [0.25, 0.3) is 0 Å². The van der Waals surface area contributed by atoms with Crippen molar-refractivity contribution in [2.45, 2.75) is 6.92 Å². The molecule has 0 radical (unpaired) electrons. The zero-order chi connectivity index (χ0) is 13.0. The summed E-state index contributed by atoms with van der Waals surface area (Å²) in [5.74, 6) is -0.0695. The lowest BCUT2D eigenvalue weighted by atomic mass is 10.2. The molecule has 0 saturated carbocycles. The minimum absolute atomic E-state index is 0.252. The number of furan rings is 1. The second-order valence-electron chi connectivity index (χ2n) is 3.66. The average molecular weight is 265 g/mol. The minimum Gasteiger partial charge on any atom is -0.459 e. The Balaban J connectivity index is 2.12. The molecule has 2 aromatic rings. The molecule has 0 bridgehead atoms. The number of halogens is 1. The standard InChI is InChI=1S/C13H13ClN2O2/c1-2-15-9-5-6-11(10(14)8-9)16-13(17)12-4-3-7-18-12/h3-8,15H,2H2,1H3,(H,16,17). The molecule has 2 rings (SSSR count). The predicted octanol–water partition coefficient (Wildman–Crippen LogP) is 3.62. The van der Waals surface area contributed by atoms with Gasteiger partial charge in [0.2, 0.25) is 0 Å². The van der Waals surface area contributed by atoms with Crippen molar-refractivity contribution in [1.82, 2.24) is 0 Å². The summed E-state index contributed by atoms with van der Waals surface area (Å²) >= 11 is 6.09. The molecule has 1 amide bonds. The van der Waals surface area contributed by atoms with Crippen molar-refractivity contribution in [1.29, 1.82) is 0 Å². The lowest BCUT2D eigenvalue weighted by molar-refractivity contribution is 0.0996. The van der Waals surface area contributed by atoms with E-state index in [0.717, 1.165) is 12.2 Å². The average Bonchev–Trinajstić information content (AvgIpc) is 2.86. The van der Waals surface area contributed by atoms with Gasteiger partial charge in [0.1, 0.15) is 0 Å². The Labute approximate surface area is 110 Å². The van der Waals surface area contributed by atoms with Gasteiger partial charge in [0.05, 0.1) is 17.0 Å². The van der Waals surface area contributed by atoms with Gasteiger partial charge in [-0.25, -0.2) is 0 Å². The quantitative estimate of drug-likeness (QED) is 0.887. The monoisotopic (exact) mass is 264 g/mol. The number of carbonyl (C=O) groups excluding carboxylic acids is 1. The van der Waals surface area contributed by atoms with E-state index in [0.29, 0.717) is 10.7 Å². The largest absolute Gasteiger partial charge is 0.459 e. The van der Waals surface area contributed by atoms with E-state index in [9.17, 15) is 4.79 Å². The van der Waals surface area contributed by atoms with Crippen molar-refractivity contribution in [3.8, 4) is 0 Å². The van der Waals surface area contributed by atoms with E-state index >= 15 is 0 Å². The molecule has 1 heterocycles. The van der Waals surface area contributed by atoms with Crippen molar-refractivity contribution >= 4 is 28.9 Å². The second kappa shape index (κ2) is 5.60. The maximum Gasteiger partial charge on any atom is 0.291 e. The molecule has 94 valence electrons. The Bertz CT molecular complexity index is 538. The van der Waals surface area contributed by atoms with Crippen LogP contribution in [-0.2, 0) is 0 Å². The van der Waals surface area contributed by atoms with Crippen molar-refractivity contribution in [3.63, 3.8) is 0 Å². The highest BCUT2D eigenvalue weighted by atomic mass is 35.5. The van der Waals surface area contributed by atoms with Gasteiger partial charge in [-0.3, -0.25) is 4.79 Å². The number of anilines is 2. The third-order valence-corrected chi connectivity index (χ3v) is 2.66. The van der Waals surface area contributed by atoms with E-state index in [2.05, 4.69) is 10.6 Å². The first-order chi connectivity index (χ1) is 8.70. The highest BCUT2D eigenvalue weighted by Gasteiger charge is 2.10. The van der Waals surface area contributed by atoms with E-state index < -0.39 is 0 Å². The molecular weight excluding hydrogens is 252 g/mol. The molecule has 5 heteroatoms. The van der Waals surface area contributed by atoms with Crippen LogP contribution in [0.1, 0.15) is 17.5 Å². The first-order valence-corrected chi connectivity index (χ1v) is 5.96. The van der Waals surface area contributed by atoms with Crippen LogP contribution in [0.3, 0.4) is 0 Å². The van der Waals surface area contributed by atoms with Gasteiger partial charge in [0.25, 0.3) is 5.91 Å². The lowest BCUT2D eigenvalue weighted by Gasteiger charge is -2.08. The third-order valence-electron chi connectivity index (χ3n) is 2.34. The Morgan fingerprint density at radius 2 is 2.22 bits per heavy atom. The summed E-state index contributed by atoms with van der Waals surface area (Å²) in [6.45, 7) is 2.81. The summed E-state index contributed by atoms with van der Waals surface area (Å²) in [6, 6.07) is 8.62. The van der Waals surface area contributed by atoms with Crippen LogP contribution in [0, 0.1) is 0 Å². The van der Waals surface area contributed by atoms with Crippen molar-refractivity contribution in [3.05, 3.63) is 47.4 Å². The van der Waals surface area contributed by atoms with Gasteiger partial charge in [-0.1, -0.05) is 11.6 Å². The molecule has 0 aliphatic carbocycles. The molecule has 0 atom stereocenters. The molecule has 1 aromatic heterocycles. The minimum atomic E-state index is -0.321. The smallest absolute Gasteiger partial charge is 0.291 e. The number of carbonyl (C=O) groups is 1. The molecule has 4 nitrogen and oxygen atoms in total. The fraction of sp³-hybridized carbons (Fsp3) is 0.154. The van der Waals surface area contributed by atoms with E-state index in [1.54, 1.807) is 24.3 Å². The van der Waals surface area contributed by atoms with Crippen molar-refractivity contribution in [2.75, 3.05) is 17.2 Å². The molecule has 0 fully saturated rings. The van der Waals surface area contributed by atoms with Gasteiger partial charge in [0.15, 0.2) is 5.76 Å². The van der Waals surface area contributed by atoms with Crippen LogP contribution in [-0.4, -0.2) is 12.5 Å². The zero-order valence-corrected chi connectivity index (χ0v) is 10.6. The summed E-state index contributed by atoms with van der Waals surface area (Å²) < 4.78 is 5.00. The summed E-state index contributed by atoms with van der Waals surface area (Å²) in [5, 5.41) is 6.31. The SMILES string of the molecule is CCNc1ccc(NC(=O)c2ccco2)c(Cl)c1. The topological polar surface area (TPSA) is 54.3 Å². The molecule has 0 unspecified atom stereocenters. The van der Waals surface area contributed by atoms with Gasteiger partial charge in [-0.05, 0) is 37.3 Å². The van der Waals surface area contributed by atoms with E-state index in [-0.39, 0.29) is 11.7 Å². The Morgan fingerprint density at radius 3 is 2.83 bits per heavy atom. The number of hydrogen-bond acceptors (Lipinski definition) is 3. The molecule has 0 aliphatic rings. The molecule has 1 aromatic carbocycles. The van der Waals surface area contributed by atoms with Gasteiger partial charge in [-0.2, -0.15) is 0 Å². The van der Waals surface area contributed by atoms with Crippen LogP contribution in [0.4, 0.5) is 11.4 Å². The Morgan fingerprint density at radius 1 is 1.39 bits per heavy atom. The number of rotatable bonds is 4. The molecule has 0 saturated heterocycles. The number of amides is 1. The Kier molecular flexibility index (Phi) is 3.89. The van der Waals surface area contributed by atoms with E-state index in [1.807, 2.05) is 13.0 Å². The number of nitrogens with one attached hydrogen (secondary N) is 2. The normalized spacial score (nSPS) is 10.1. The van der Waals surface area contributed by atoms with Crippen molar-refractivity contribution < 1.29 is 9.21 Å². The van der Waals surface area contributed by atoms with Gasteiger partial charge in [0, 0.05) is 12.2 Å². The third kappa shape index (κ3) is 2.84. The van der Waals surface area contributed by atoms with Crippen LogP contribution >= 0.6 is 11.6 Å². The van der Waals surface area contributed by atoms with Gasteiger partial charge in [-0.15, -0.1) is 0 Å². The van der Waals surface area contributed by atoms with Gasteiger partial charge >= 0.3 is 0 Å². The van der Waals surface area contributed by atoms with Crippen LogP contribution < -0.4 is 10.6 Å². The highest BCUT2D eigenvalue weighted by molar-refractivity contribution is 6.34. The maximum absolute atomic E-state index is 11.8. The summed E-state index contributed by atoms with van der Waals surface area (Å²) in [7, 11) is 0. The van der Waals surface area contributed by atoms with E-state index in [4.69, 9.17) is 16.0 Å². The van der Waals surface area contributed by atoms with Crippen molar-refractivity contribution in [2.24, 2.45) is 0 Å². The Hall–Kier alpha value is -1.94. The number of benzene rings is 1. The molecule has 0 spiro atoms. The maximum atomic E-state index is 11.8. The highest BCUT2D eigenvalue weighted by Crippen LogP contribution is 2.25. The number of hydrogen-bond donors (Lipinski definition) is 2. The first kappa shape index (κ1) is 12.5. The second-order valence-corrected chi connectivity index (χ2v) is 4.06. The summed E-state index contributed by atoms with van der Waals surface area (Å²) in [4.78, 5) is 11.8. The predicted molar refractivity (Wildman–Crippen MR) is 72.3 cm³/mol. The van der Waals surface area contributed by atoms with E-state index in [1.165, 1.54) is 6.26 Å². The molecule has 0 aliphatic heterocycles. The molecule has 18 heavy (non-hydrogen) atoms. The van der Waals surface area contributed by atoms with Gasteiger partial charge < -0.3 is 15.1 Å². The molecule has 2 N–H and O–H groups in total. The van der Waals surface area contributed by atoms with Crippen LogP contribution in [0.2, 0.25) is 5.02 Å². The fourth-order valence-corrected chi connectivity index (χ4v) is 1.75. The fourth-order valence-electron chi connectivity index (χ4n) is 1.52. The summed E-state index contributed by atoms with van der Waals surface area (Å²) in [5.41, 5.74) is 1.47. The van der Waals surface area contributed by atoms with Crippen LogP contribution in [0.15, 0.2) is 41.0 Å². The first-order valence-electron chi connectivity index (χ1n) is 5.59. The summed E-state index contributed by atoms with van der Waals surface area (Å²) in [6.07, 6.45) is 1.45. The van der Waals surface area contributed by atoms with Crippen LogP contribution in [0.5, 0.6) is 0 Å². The molecular formula is C13H13ClN2O2.